The van der Waals surface area contributed by atoms with Crippen LogP contribution >= 0.6 is 0 Å². The van der Waals surface area contributed by atoms with E-state index in [1.54, 1.807) is 0 Å². The van der Waals surface area contributed by atoms with Crippen LogP contribution in [-0.4, -0.2) is 16.9 Å². The first-order valence-corrected chi connectivity index (χ1v) is 6.58. The van der Waals surface area contributed by atoms with Crippen molar-refractivity contribution in [2.24, 2.45) is 0 Å². The Morgan fingerprint density at radius 3 is 2.95 bits per heavy atom. The summed E-state index contributed by atoms with van der Waals surface area (Å²) in [7, 11) is 0. The van der Waals surface area contributed by atoms with E-state index < -0.39 is 0 Å². The maximum Gasteiger partial charge on any atom is 0.220 e. The lowest BCUT2D eigenvalue weighted by atomic mass is 10.2. The molecule has 0 spiro atoms. The average molecular weight is 268 g/mol. The number of hydrogen-bond donors (Lipinski definition) is 3. The Bertz CT molecular complexity index is 668. The quantitative estimate of drug-likeness (QED) is 0.741. The van der Waals surface area contributed by atoms with Crippen LogP contribution in [0.15, 0.2) is 48.7 Å². The first-order chi connectivity index (χ1) is 9.72. The Hall–Kier alpha value is -2.56. The molecule has 0 bridgehead atoms. The summed E-state index contributed by atoms with van der Waals surface area (Å²) >= 11 is 0. The van der Waals surface area contributed by atoms with Gasteiger partial charge in [-0.3, -0.25) is 10.2 Å². The van der Waals surface area contributed by atoms with Gasteiger partial charge in [0.1, 0.15) is 5.82 Å². The maximum absolute atomic E-state index is 11.2. The molecule has 0 aliphatic carbocycles. The lowest BCUT2D eigenvalue weighted by molar-refractivity contribution is -0.119. The third kappa shape index (κ3) is 2.56. The molecule has 5 nitrogen and oxygen atoms in total. The lowest BCUT2D eigenvalue weighted by Crippen LogP contribution is -2.35. The van der Waals surface area contributed by atoms with Gasteiger partial charge in [-0.25, -0.2) is 4.98 Å². The van der Waals surface area contributed by atoms with Gasteiger partial charge in [0.25, 0.3) is 0 Å². The van der Waals surface area contributed by atoms with Gasteiger partial charge < -0.3 is 10.7 Å². The fraction of sp³-hybridized carbons (Fsp3) is 0.200. The van der Waals surface area contributed by atoms with Crippen molar-refractivity contribution in [2.75, 3.05) is 5.43 Å². The molecule has 3 N–H and O–H groups in total. The highest BCUT2D eigenvalue weighted by Crippen LogP contribution is 2.15. The van der Waals surface area contributed by atoms with Crippen molar-refractivity contribution in [3.05, 3.63) is 48.7 Å². The molecule has 3 rings (SSSR count). The highest BCUT2D eigenvalue weighted by Gasteiger charge is 2.22. The predicted octanol–water partition coefficient (Wildman–Crippen LogP) is 1.94. The number of amides is 1. The number of rotatable bonds is 4. The largest absolute Gasteiger partial charge is 0.348 e. The molecule has 1 atom stereocenters. The minimum Gasteiger partial charge on any atom is -0.348 e. The zero-order chi connectivity index (χ0) is 13.9. The van der Waals surface area contributed by atoms with E-state index in [1.807, 2.05) is 36.4 Å². The number of para-hydroxylation sites is 1. The van der Waals surface area contributed by atoms with Gasteiger partial charge in [0.05, 0.1) is 11.6 Å². The Morgan fingerprint density at radius 1 is 1.30 bits per heavy atom. The Morgan fingerprint density at radius 2 is 2.15 bits per heavy atom. The summed E-state index contributed by atoms with van der Waals surface area (Å²) in [5, 5.41) is 3.96. The number of fused-ring (bicyclic) bond motifs is 1. The van der Waals surface area contributed by atoms with Crippen LogP contribution in [0, 0.1) is 0 Å². The molecule has 2 aromatic rings. The average Bonchev–Trinajstić information content (AvgIpc) is 2.91. The number of anilines is 1. The molecule has 0 saturated carbocycles. The summed E-state index contributed by atoms with van der Waals surface area (Å²) in [6.45, 7) is 3.93. The molecule has 1 saturated heterocycles. The van der Waals surface area contributed by atoms with Crippen LogP contribution in [0.4, 0.5) is 5.82 Å². The molecule has 1 aromatic heterocycles. The molecule has 1 aliphatic rings. The van der Waals surface area contributed by atoms with Gasteiger partial charge in [0.2, 0.25) is 5.91 Å². The molecule has 0 radical (unpaired) electrons. The Kier molecular flexibility index (Phi) is 3.25. The van der Waals surface area contributed by atoms with Gasteiger partial charge in [-0.15, -0.1) is 0 Å². The van der Waals surface area contributed by atoms with E-state index in [2.05, 4.69) is 27.7 Å². The van der Waals surface area contributed by atoms with Crippen molar-refractivity contribution in [2.45, 2.75) is 18.9 Å². The number of carbonyl (C=O) groups is 1. The first-order valence-electron chi connectivity index (χ1n) is 6.58. The van der Waals surface area contributed by atoms with Gasteiger partial charge in [-0.05, 0) is 24.6 Å². The zero-order valence-electron chi connectivity index (χ0n) is 11.0. The summed E-state index contributed by atoms with van der Waals surface area (Å²) in [6, 6.07) is 11.8. The van der Waals surface area contributed by atoms with Crippen LogP contribution in [0.3, 0.4) is 0 Å². The van der Waals surface area contributed by atoms with E-state index in [1.165, 1.54) is 0 Å². The smallest absolute Gasteiger partial charge is 0.220 e. The monoisotopic (exact) mass is 268 g/mol. The van der Waals surface area contributed by atoms with Crippen LogP contribution in [0.1, 0.15) is 12.8 Å². The van der Waals surface area contributed by atoms with E-state index in [0.717, 1.165) is 23.0 Å². The van der Waals surface area contributed by atoms with Crippen molar-refractivity contribution >= 4 is 22.6 Å². The second-order valence-corrected chi connectivity index (χ2v) is 4.82. The van der Waals surface area contributed by atoms with Gasteiger partial charge in [-0.1, -0.05) is 24.8 Å². The number of pyridine rings is 1. The molecular weight excluding hydrogens is 252 g/mol. The number of nitrogens with one attached hydrogen (secondary N) is 3. The Balaban J connectivity index is 1.64. The Labute approximate surface area is 117 Å². The number of carbonyl (C=O) groups excluding carboxylic acids is 1. The number of hydrogen-bond acceptors (Lipinski definition) is 4. The fourth-order valence-corrected chi connectivity index (χ4v) is 2.24. The van der Waals surface area contributed by atoms with Crippen LogP contribution in [0.25, 0.3) is 10.9 Å². The molecule has 1 aromatic carbocycles. The molecule has 1 amide bonds. The predicted molar refractivity (Wildman–Crippen MR) is 78.8 cm³/mol. The van der Waals surface area contributed by atoms with E-state index in [9.17, 15) is 4.79 Å². The maximum atomic E-state index is 11.2. The molecule has 1 aliphatic heterocycles. The van der Waals surface area contributed by atoms with Crippen LogP contribution in [0.5, 0.6) is 0 Å². The van der Waals surface area contributed by atoms with Gasteiger partial charge >= 0.3 is 0 Å². The van der Waals surface area contributed by atoms with Gasteiger partial charge in [0, 0.05) is 17.5 Å². The van der Waals surface area contributed by atoms with Crippen molar-refractivity contribution in [3.8, 4) is 0 Å². The number of hydrazine groups is 1. The summed E-state index contributed by atoms with van der Waals surface area (Å²) in [6.07, 6.45) is 1.33. The van der Waals surface area contributed by atoms with Crippen LogP contribution in [-0.2, 0) is 4.79 Å². The van der Waals surface area contributed by atoms with E-state index in [4.69, 9.17) is 0 Å². The molecule has 2 heterocycles. The molecule has 20 heavy (non-hydrogen) atoms. The van der Waals surface area contributed by atoms with Crippen molar-refractivity contribution in [1.82, 2.24) is 15.7 Å². The lowest BCUT2D eigenvalue weighted by Gasteiger charge is -2.17. The molecule has 1 unspecified atom stereocenters. The minimum atomic E-state index is -0.0181. The van der Waals surface area contributed by atoms with Crippen molar-refractivity contribution in [1.29, 1.82) is 0 Å². The normalized spacial score (nSPS) is 17.8. The number of aromatic nitrogens is 1. The summed E-state index contributed by atoms with van der Waals surface area (Å²) in [4.78, 5) is 15.7. The standard InChI is InChI=1S/C15H16N4O/c1-10(12-7-9-15(20)17-12)18-19-14-8-6-11-4-2-3-5-13(11)16-14/h2-6,8,12,18H,1,7,9H2,(H,16,19)(H,17,20). The first kappa shape index (κ1) is 12.5. The van der Waals surface area contributed by atoms with Crippen molar-refractivity contribution < 1.29 is 4.79 Å². The van der Waals surface area contributed by atoms with Crippen LogP contribution in [0.2, 0.25) is 0 Å². The second kappa shape index (κ2) is 5.21. The number of nitrogens with zero attached hydrogens (tertiary/aromatic N) is 1. The highest BCUT2D eigenvalue weighted by atomic mass is 16.1. The van der Waals surface area contributed by atoms with Crippen molar-refractivity contribution in [3.63, 3.8) is 0 Å². The minimum absolute atomic E-state index is 0.0181. The summed E-state index contributed by atoms with van der Waals surface area (Å²) in [5.41, 5.74) is 7.69. The highest BCUT2D eigenvalue weighted by molar-refractivity contribution is 5.80. The fourth-order valence-electron chi connectivity index (χ4n) is 2.24. The molecule has 102 valence electrons. The third-order valence-electron chi connectivity index (χ3n) is 3.37. The second-order valence-electron chi connectivity index (χ2n) is 4.82. The SMILES string of the molecule is C=C(NNc1ccc2ccccc2n1)C1CCC(=O)N1. The van der Waals surface area contributed by atoms with Crippen LogP contribution < -0.4 is 16.2 Å². The zero-order valence-corrected chi connectivity index (χ0v) is 11.0. The van der Waals surface area contributed by atoms with E-state index in [-0.39, 0.29) is 11.9 Å². The molecule has 1 fully saturated rings. The van der Waals surface area contributed by atoms with Gasteiger partial charge in [0.15, 0.2) is 0 Å². The topological polar surface area (TPSA) is 66.0 Å². The molecular formula is C15H16N4O. The number of benzene rings is 1. The third-order valence-corrected chi connectivity index (χ3v) is 3.37. The van der Waals surface area contributed by atoms with E-state index >= 15 is 0 Å². The molecule has 5 heteroatoms. The van der Waals surface area contributed by atoms with E-state index in [0.29, 0.717) is 12.2 Å². The summed E-state index contributed by atoms with van der Waals surface area (Å²) < 4.78 is 0. The van der Waals surface area contributed by atoms with Gasteiger partial charge in [-0.2, -0.15) is 0 Å². The summed E-state index contributed by atoms with van der Waals surface area (Å²) in [5.74, 6) is 0.788.